The van der Waals surface area contributed by atoms with Crippen LogP contribution in [0, 0.1) is 0 Å². The van der Waals surface area contributed by atoms with E-state index in [-0.39, 0.29) is 6.04 Å². The second-order valence-electron chi connectivity index (χ2n) is 6.35. The third kappa shape index (κ3) is 3.42. The van der Waals surface area contributed by atoms with Gasteiger partial charge in [-0.1, -0.05) is 36.4 Å². The van der Waals surface area contributed by atoms with Gasteiger partial charge in [-0.2, -0.15) is 0 Å². The first-order valence-electron chi connectivity index (χ1n) is 8.74. The van der Waals surface area contributed by atoms with Crippen molar-refractivity contribution in [2.45, 2.75) is 13.0 Å². The van der Waals surface area contributed by atoms with Gasteiger partial charge in [-0.3, -0.25) is 4.90 Å². The summed E-state index contributed by atoms with van der Waals surface area (Å²) in [6, 6.07) is 20.6. The molecule has 1 fully saturated rings. The molecule has 1 unspecified atom stereocenters. The summed E-state index contributed by atoms with van der Waals surface area (Å²) in [4.78, 5) is 4.83. The maximum atomic E-state index is 5.92. The monoisotopic (exact) mass is 334 g/mol. The Labute approximate surface area is 147 Å². The fourth-order valence-corrected chi connectivity index (χ4v) is 3.26. The van der Waals surface area contributed by atoms with Crippen LogP contribution in [0.15, 0.2) is 65.1 Å². The molecule has 2 heterocycles. The van der Waals surface area contributed by atoms with E-state index in [0.29, 0.717) is 11.8 Å². The Bertz CT molecular complexity index is 795. The fourth-order valence-electron chi connectivity index (χ4n) is 3.26. The topological polar surface area (TPSA) is 45.4 Å². The lowest BCUT2D eigenvalue weighted by molar-refractivity contribution is 0.174. The second kappa shape index (κ2) is 7.07. The average molecular weight is 334 g/mol. The third-order valence-electron chi connectivity index (χ3n) is 4.80. The first-order valence-corrected chi connectivity index (χ1v) is 8.74. The van der Waals surface area contributed by atoms with Crippen LogP contribution in [0.25, 0.3) is 11.5 Å². The van der Waals surface area contributed by atoms with E-state index in [1.54, 1.807) is 0 Å². The minimum absolute atomic E-state index is 0.128. The van der Waals surface area contributed by atoms with Gasteiger partial charge in [0.15, 0.2) is 0 Å². The molecule has 1 saturated heterocycles. The molecule has 2 aromatic carbocycles. The zero-order chi connectivity index (χ0) is 17.1. The van der Waals surface area contributed by atoms with E-state index >= 15 is 0 Å². The van der Waals surface area contributed by atoms with Crippen molar-refractivity contribution in [2.24, 2.45) is 0 Å². The molecule has 0 bridgehead atoms. The quantitative estimate of drug-likeness (QED) is 0.729. The van der Waals surface area contributed by atoms with E-state index in [2.05, 4.69) is 57.3 Å². The molecular weight excluding hydrogens is 312 g/mol. The van der Waals surface area contributed by atoms with Gasteiger partial charge in [0.25, 0.3) is 0 Å². The molecule has 0 amide bonds. The molecule has 1 aromatic heterocycles. The van der Waals surface area contributed by atoms with Gasteiger partial charge in [0.1, 0.15) is 0 Å². The van der Waals surface area contributed by atoms with Gasteiger partial charge in [0.05, 0.1) is 6.04 Å². The largest absolute Gasteiger partial charge is 0.419 e. The van der Waals surface area contributed by atoms with Crippen molar-refractivity contribution in [1.82, 2.24) is 15.1 Å². The molecule has 1 aliphatic rings. The summed E-state index contributed by atoms with van der Waals surface area (Å²) in [5.41, 5.74) is 2.25. The van der Waals surface area contributed by atoms with Gasteiger partial charge in [0, 0.05) is 37.4 Å². The summed E-state index contributed by atoms with van der Waals surface area (Å²) < 4.78 is 5.92. The summed E-state index contributed by atoms with van der Waals surface area (Å²) in [6.45, 7) is 6.13. The number of hydrogen-bond acceptors (Lipinski definition) is 5. The zero-order valence-corrected chi connectivity index (χ0v) is 14.4. The van der Waals surface area contributed by atoms with E-state index in [9.17, 15) is 0 Å². The van der Waals surface area contributed by atoms with Crippen molar-refractivity contribution >= 4 is 5.69 Å². The minimum atomic E-state index is 0.128. The van der Waals surface area contributed by atoms with Gasteiger partial charge in [-0.05, 0) is 31.2 Å². The zero-order valence-electron chi connectivity index (χ0n) is 14.4. The van der Waals surface area contributed by atoms with E-state index in [4.69, 9.17) is 4.42 Å². The van der Waals surface area contributed by atoms with Crippen molar-refractivity contribution in [3.05, 3.63) is 66.6 Å². The Morgan fingerprint density at radius 1 is 0.840 bits per heavy atom. The van der Waals surface area contributed by atoms with Gasteiger partial charge in [-0.25, -0.2) is 0 Å². The molecular formula is C20H22N4O. The van der Waals surface area contributed by atoms with Crippen LogP contribution in [-0.2, 0) is 0 Å². The Balaban J connectivity index is 1.41. The summed E-state index contributed by atoms with van der Waals surface area (Å²) in [5, 5.41) is 8.48. The molecule has 0 spiro atoms. The second-order valence-corrected chi connectivity index (χ2v) is 6.35. The highest BCUT2D eigenvalue weighted by Gasteiger charge is 2.25. The first-order chi connectivity index (χ1) is 12.3. The molecule has 0 saturated carbocycles. The predicted molar refractivity (Wildman–Crippen MR) is 98.4 cm³/mol. The number of anilines is 1. The van der Waals surface area contributed by atoms with Crippen LogP contribution in [0.4, 0.5) is 5.69 Å². The van der Waals surface area contributed by atoms with Crippen LogP contribution in [0.2, 0.25) is 0 Å². The molecule has 128 valence electrons. The summed E-state index contributed by atoms with van der Waals surface area (Å²) >= 11 is 0. The molecule has 3 aromatic rings. The molecule has 0 aliphatic carbocycles. The highest BCUT2D eigenvalue weighted by Crippen LogP contribution is 2.25. The molecule has 5 nitrogen and oxygen atoms in total. The number of aromatic nitrogens is 2. The summed E-state index contributed by atoms with van der Waals surface area (Å²) in [6.07, 6.45) is 0. The number of rotatable bonds is 4. The van der Waals surface area contributed by atoms with Gasteiger partial charge < -0.3 is 9.32 Å². The van der Waals surface area contributed by atoms with Crippen LogP contribution in [0.1, 0.15) is 18.9 Å². The van der Waals surface area contributed by atoms with Gasteiger partial charge in [-0.15, -0.1) is 10.2 Å². The van der Waals surface area contributed by atoms with Crippen molar-refractivity contribution in [3.8, 4) is 11.5 Å². The van der Waals surface area contributed by atoms with Crippen LogP contribution in [-0.4, -0.2) is 41.3 Å². The number of piperazine rings is 1. The maximum absolute atomic E-state index is 5.92. The molecule has 1 aliphatic heterocycles. The lowest BCUT2D eigenvalue weighted by atomic mass is 10.2. The van der Waals surface area contributed by atoms with Crippen LogP contribution in [0.3, 0.4) is 0 Å². The molecule has 0 radical (unpaired) electrons. The Kier molecular flexibility index (Phi) is 4.48. The number of hydrogen-bond donors (Lipinski definition) is 0. The smallest absolute Gasteiger partial charge is 0.247 e. The van der Waals surface area contributed by atoms with Gasteiger partial charge in [0.2, 0.25) is 11.8 Å². The number of benzene rings is 2. The summed E-state index contributed by atoms with van der Waals surface area (Å²) in [5.74, 6) is 1.28. The minimum Gasteiger partial charge on any atom is -0.419 e. The fraction of sp³-hybridized carbons (Fsp3) is 0.300. The van der Waals surface area contributed by atoms with E-state index in [0.717, 1.165) is 31.7 Å². The SMILES string of the molecule is CC(c1nnc(-c2ccccc2)o1)N1CCN(c2ccccc2)CC1. The van der Waals surface area contributed by atoms with Crippen LogP contribution >= 0.6 is 0 Å². The molecule has 4 rings (SSSR count). The van der Waals surface area contributed by atoms with E-state index in [1.807, 2.05) is 30.3 Å². The van der Waals surface area contributed by atoms with E-state index < -0.39 is 0 Å². The first kappa shape index (κ1) is 15.8. The number of para-hydroxylation sites is 1. The normalized spacial score (nSPS) is 16.8. The third-order valence-corrected chi connectivity index (χ3v) is 4.80. The standard InChI is InChI=1S/C20H22N4O/c1-16(19-21-22-20(25-19)17-8-4-2-5-9-17)23-12-14-24(15-13-23)18-10-6-3-7-11-18/h2-11,16H,12-15H2,1H3. The van der Waals surface area contributed by atoms with E-state index in [1.165, 1.54) is 5.69 Å². The summed E-state index contributed by atoms with van der Waals surface area (Å²) in [7, 11) is 0. The van der Waals surface area contributed by atoms with Crippen LogP contribution in [0.5, 0.6) is 0 Å². The van der Waals surface area contributed by atoms with Crippen molar-refractivity contribution in [2.75, 3.05) is 31.1 Å². The Morgan fingerprint density at radius 2 is 1.48 bits per heavy atom. The van der Waals surface area contributed by atoms with Crippen molar-refractivity contribution < 1.29 is 4.42 Å². The Hall–Kier alpha value is -2.66. The Morgan fingerprint density at radius 3 is 2.16 bits per heavy atom. The predicted octanol–water partition coefficient (Wildman–Crippen LogP) is 3.62. The lowest BCUT2D eigenvalue weighted by Crippen LogP contribution is -2.47. The molecule has 25 heavy (non-hydrogen) atoms. The lowest BCUT2D eigenvalue weighted by Gasteiger charge is -2.38. The average Bonchev–Trinajstić information content (AvgIpc) is 3.19. The molecule has 5 heteroatoms. The highest BCUT2D eigenvalue weighted by molar-refractivity contribution is 5.51. The van der Waals surface area contributed by atoms with Crippen molar-refractivity contribution in [3.63, 3.8) is 0 Å². The highest BCUT2D eigenvalue weighted by atomic mass is 16.4. The maximum Gasteiger partial charge on any atom is 0.247 e. The molecule has 0 N–H and O–H groups in total. The van der Waals surface area contributed by atoms with Gasteiger partial charge >= 0.3 is 0 Å². The molecule has 1 atom stereocenters. The number of nitrogens with zero attached hydrogens (tertiary/aromatic N) is 4. The van der Waals surface area contributed by atoms with Crippen LogP contribution < -0.4 is 4.90 Å². The van der Waals surface area contributed by atoms with Crippen molar-refractivity contribution in [1.29, 1.82) is 0 Å².